The number of carbonyl (C=O) groups excluding carboxylic acids is 1. The molecule has 1 N–H and O–H groups in total. The highest BCUT2D eigenvalue weighted by Crippen LogP contribution is 2.41. The minimum atomic E-state index is -0.700. The Hall–Kier alpha value is -3.64. The molecule has 1 aliphatic rings. The van der Waals surface area contributed by atoms with Gasteiger partial charge in [0.2, 0.25) is 5.88 Å². The zero-order chi connectivity index (χ0) is 20.7. The van der Waals surface area contributed by atoms with Crippen molar-refractivity contribution in [2.24, 2.45) is 7.05 Å². The Morgan fingerprint density at radius 2 is 1.97 bits per heavy atom. The average Bonchev–Trinajstić information content (AvgIpc) is 3.11. The number of ketones is 1. The molecule has 0 spiro atoms. The number of aryl methyl sites for hydroxylation is 1. The van der Waals surface area contributed by atoms with Crippen LogP contribution in [0.25, 0.3) is 11.3 Å². The summed E-state index contributed by atoms with van der Waals surface area (Å²) in [6.07, 6.45) is 3.48. The van der Waals surface area contributed by atoms with E-state index >= 15 is 0 Å². The molecule has 2 aromatic heterocycles. The molecule has 7 heteroatoms. The van der Waals surface area contributed by atoms with E-state index in [1.54, 1.807) is 23.0 Å². The Morgan fingerprint density at radius 1 is 1.10 bits per heavy atom. The molecule has 0 saturated heterocycles. The van der Waals surface area contributed by atoms with Crippen molar-refractivity contribution in [3.05, 3.63) is 89.2 Å². The second kappa shape index (κ2) is 7.31. The van der Waals surface area contributed by atoms with Crippen LogP contribution < -0.4 is 10.1 Å². The molecule has 6 nitrogen and oxygen atoms in total. The number of aromatic nitrogens is 3. The van der Waals surface area contributed by atoms with Gasteiger partial charge in [-0.2, -0.15) is 5.10 Å². The molecule has 1 unspecified atom stereocenters. The van der Waals surface area contributed by atoms with Gasteiger partial charge in [0.15, 0.2) is 11.5 Å². The lowest BCUT2D eigenvalue weighted by atomic mass is 9.96. The van der Waals surface area contributed by atoms with E-state index in [1.165, 1.54) is 0 Å². The maximum atomic E-state index is 13.7. The Balaban J connectivity index is 1.61. The predicted octanol–water partition coefficient (Wildman–Crippen LogP) is 5.28. The Bertz CT molecular complexity index is 1270. The van der Waals surface area contributed by atoms with E-state index in [-0.39, 0.29) is 5.78 Å². The van der Waals surface area contributed by atoms with Crippen LogP contribution in [-0.2, 0) is 7.05 Å². The maximum Gasteiger partial charge on any atom is 0.225 e. The normalized spacial score (nSPS) is 14.7. The summed E-state index contributed by atoms with van der Waals surface area (Å²) in [5, 5.41) is 8.09. The summed E-state index contributed by atoms with van der Waals surface area (Å²) in [6.45, 7) is 0. The number of halogens is 1. The van der Waals surface area contributed by atoms with E-state index in [0.29, 0.717) is 44.7 Å². The standard InChI is InChI=1S/C23H17ClN4O2/c1-28-13-11-17(27-28)14-6-4-7-15(20(14)24)22(29)21-16-8-5-12-25-23(16)30-19-10-3-2-9-18(19)26-21/h2-13,21,26H,1H3. The van der Waals surface area contributed by atoms with Crippen molar-refractivity contribution in [3.8, 4) is 22.9 Å². The molecule has 0 bridgehead atoms. The number of ether oxygens (including phenoxy) is 1. The molecule has 0 radical (unpaired) electrons. The number of hydrogen-bond donors (Lipinski definition) is 1. The second-order valence-electron chi connectivity index (χ2n) is 6.98. The quantitative estimate of drug-likeness (QED) is 0.460. The minimum absolute atomic E-state index is 0.174. The van der Waals surface area contributed by atoms with Gasteiger partial charge in [0.1, 0.15) is 6.04 Å². The second-order valence-corrected chi connectivity index (χ2v) is 7.36. The first kappa shape index (κ1) is 18.4. The van der Waals surface area contributed by atoms with Crippen molar-refractivity contribution in [1.82, 2.24) is 14.8 Å². The molecule has 5 rings (SSSR count). The lowest BCUT2D eigenvalue weighted by Gasteiger charge is -2.18. The van der Waals surface area contributed by atoms with Crippen molar-refractivity contribution in [3.63, 3.8) is 0 Å². The first-order chi connectivity index (χ1) is 14.6. The largest absolute Gasteiger partial charge is 0.436 e. The number of hydrogen-bond acceptors (Lipinski definition) is 5. The van der Waals surface area contributed by atoms with Crippen LogP contribution in [-0.4, -0.2) is 20.5 Å². The van der Waals surface area contributed by atoms with E-state index in [1.807, 2.05) is 61.8 Å². The Kier molecular flexibility index (Phi) is 4.48. The van der Waals surface area contributed by atoms with Crippen molar-refractivity contribution in [2.75, 3.05) is 5.32 Å². The zero-order valence-corrected chi connectivity index (χ0v) is 16.8. The highest BCUT2D eigenvalue weighted by Gasteiger charge is 2.31. The Morgan fingerprint density at radius 3 is 2.80 bits per heavy atom. The topological polar surface area (TPSA) is 69.0 Å². The summed E-state index contributed by atoms with van der Waals surface area (Å²) in [4.78, 5) is 18.0. The van der Waals surface area contributed by atoms with Crippen LogP contribution >= 0.6 is 11.6 Å². The van der Waals surface area contributed by atoms with E-state index in [0.717, 1.165) is 0 Å². The fourth-order valence-electron chi connectivity index (χ4n) is 3.56. The number of benzene rings is 2. The van der Waals surface area contributed by atoms with E-state index < -0.39 is 6.04 Å². The number of Topliss-reactive ketones (excluding diaryl/α,β-unsaturated/α-hetero) is 1. The number of carbonyl (C=O) groups is 1. The van der Waals surface area contributed by atoms with Gasteiger partial charge in [-0.1, -0.05) is 35.9 Å². The van der Waals surface area contributed by atoms with Crippen molar-refractivity contribution in [1.29, 1.82) is 0 Å². The summed E-state index contributed by atoms with van der Waals surface area (Å²) in [5.74, 6) is 0.832. The fourth-order valence-corrected chi connectivity index (χ4v) is 3.88. The van der Waals surface area contributed by atoms with Crippen LogP contribution in [0.1, 0.15) is 22.0 Å². The van der Waals surface area contributed by atoms with Gasteiger partial charge in [-0.25, -0.2) is 4.98 Å². The number of fused-ring (bicyclic) bond motifs is 2. The molecule has 3 heterocycles. The number of para-hydroxylation sites is 2. The van der Waals surface area contributed by atoms with Gasteiger partial charge >= 0.3 is 0 Å². The summed E-state index contributed by atoms with van der Waals surface area (Å²) < 4.78 is 7.67. The first-order valence-corrected chi connectivity index (χ1v) is 9.80. The van der Waals surface area contributed by atoms with Crippen LogP contribution in [0.15, 0.2) is 73.1 Å². The molecule has 0 saturated carbocycles. The smallest absolute Gasteiger partial charge is 0.225 e. The van der Waals surface area contributed by atoms with Crippen molar-refractivity contribution < 1.29 is 9.53 Å². The van der Waals surface area contributed by atoms with E-state index in [2.05, 4.69) is 15.4 Å². The number of nitrogens with zero attached hydrogens (tertiary/aromatic N) is 3. The van der Waals surface area contributed by atoms with Crippen LogP contribution in [0.4, 0.5) is 5.69 Å². The number of rotatable bonds is 3. The molecule has 1 aliphatic heterocycles. The van der Waals surface area contributed by atoms with Crippen molar-refractivity contribution >= 4 is 23.1 Å². The third-order valence-corrected chi connectivity index (χ3v) is 5.43. The van der Waals surface area contributed by atoms with Gasteiger partial charge in [-0.05, 0) is 36.4 Å². The van der Waals surface area contributed by atoms with Crippen LogP contribution in [0, 0.1) is 0 Å². The number of anilines is 1. The van der Waals surface area contributed by atoms with Crippen LogP contribution in [0.2, 0.25) is 5.02 Å². The van der Waals surface area contributed by atoms with Gasteiger partial charge in [0.05, 0.1) is 16.4 Å². The highest BCUT2D eigenvalue weighted by atomic mass is 35.5. The first-order valence-electron chi connectivity index (χ1n) is 9.43. The molecule has 148 valence electrons. The lowest BCUT2D eigenvalue weighted by Crippen LogP contribution is -2.21. The summed E-state index contributed by atoms with van der Waals surface area (Å²) >= 11 is 6.69. The van der Waals surface area contributed by atoms with Gasteiger partial charge in [-0.3, -0.25) is 9.48 Å². The molecule has 0 fully saturated rings. The lowest BCUT2D eigenvalue weighted by molar-refractivity contribution is 0.0969. The maximum absolute atomic E-state index is 13.7. The zero-order valence-electron chi connectivity index (χ0n) is 16.0. The number of nitrogens with one attached hydrogen (secondary N) is 1. The molecular formula is C23H17ClN4O2. The summed E-state index contributed by atoms with van der Waals surface area (Å²) in [5.41, 5.74) is 3.19. The molecule has 2 aromatic carbocycles. The molecule has 0 amide bonds. The van der Waals surface area contributed by atoms with Gasteiger partial charge < -0.3 is 10.1 Å². The summed E-state index contributed by atoms with van der Waals surface area (Å²) in [6, 6.07) is 17.6. The summed E-state index contributed by atoms with van der Waals surface area (Å²) in [7, 11) is 1.84. The van der Waals surface area contributed by atoms with Crippen molar-refractivity contribution in [2.45, 2.75) is 6.04 Å². The Labute approximate surface area is 178 Å². The van der Waals surface area contributed by atoms with Gasteiger partial charge in [-0.15, -0.1) is 0 Å². The van der Waals surface area contributed by atoms with E-state index in [9.17, 15) is 4.79 Å². The molecule has 30 heavy (non-hydrogen) atoms. The SMILES string of the molecule is Cn1ccc(-c2cccc(C(=O)C3Nc4ccccc4Oc4ncccc43)c2Cl)n1. The van der Waals surface area contributed by atoms with Gasteiger partial charge in [0.25, 0.3) is 0 Å². The highest BCUT2D eigenvalue weighted by molar-refractivity contribution is 6.36. The van der Waals surface area contributed by atoms with Crippen LogP contribution in [0.3, 0.4) is 0 Å². The van der Waals surface area contributed by atoms with E-state index in [4.69, 9.17) is 16.3 Å². The molecule has 4 aromatic rings. The molecule has 1 atom stereocenters. The van der Waals surface area contributed by atoms with Crippen LogP contribution in [0.5, 0.6) is 11.6 Å². The molecule has 0 aliphatic carbocycles. The average molecular weight is 417 g/mol. The minimum Gasteiger partial charge on any atom is -0.436 e. The monoisotopic (exact) mass is 416 g/mol. The third-order valence-electron chi connectivity index (χ3n) is 5.02. The third kappa shape index (κ3) is 3.11. The molecular weight excluding hydrogens is 400 g/mol. The van der Waals surface area contributed by atoms with Gasteiger partial charge in [0, 0.05) is 36.1 Å². The fraction of sp³-hybridized carbons (Fsp3) is 0.0870. The predicted molar refractivity (Wildman–Crippen MR) is 115 cm³/mol. The number of pyridine rings is 1.